The van der Waals surface area contributed by atoms with E-state index in [9.17, 15) is 9.59 Å². The Kier molecular flexibility index (Phi) is 4.64. The minimum absolute atomic E-state index is 0.176. The van der Waals surface area contributed by atoms with Crippen LogP contribution in [0.4, 0.5) is 5.69 Å². The Morgan fingerprint density at radius 1 is 1.48 bits per heavy atom. The molecule has 1 aromatic carbocycles. The van der Waals surface area contributed by atoms with Crippen LogP contribution < -0.4 is 15.8 Å². The summed E-state index contributed by atoms with van der Waals surface area (Å²) in [5, 5.41) is 2.54. The number of morpholine rings is 1. The second-order valence-electron chi connectivity index (χ2n) is 4.66. The van der Waals surface area contributed by atoms with Crippen LogP contribution in [0, 0.1) is 0 Å². The maximum atomic E-state index is 12.7. The molecule has 2 amide bonds. The molecule has 1 fully saturated rings. The van der Waals surface area contributed by atoms with Gasteiger partial charge in [-0.15, -0.1) is 0 Å². The van der Waals surface area contributed by atoms with Crippen molar-refractivity contribution in [3.63, 3.8) is 0 Å². The lowest BCUT2D eigenvalue weighted by molar-refractivity contribution is -0.130. The summed E-state index contributed by atoms with van der Waals surface area (Å²) < 4.78 is 10.4. The largest absolute Gasteiger partial charge is 0.497 e. The average Bonchev–Trinajstić information content (AvgIpc) is 2.54. The Morgan fingerprint density at radius 2 is 2.24 bits per heavy atom. The second-order valence-corrected chi connectivity index (χ2v) is 4.66. The fraction of sp³-hybridized carbons (Fsp3) is 0.429. The Balaban J connectivity index is 2.30. The van der Waals surface area contributed by atoms with Gasteiger partial charge >= 0.3 is 0 Å². The number of carbonyl (C=O) groups is 2. The summed E-state index contributed by atoms with van der Waals surface area (Å²) in [6, 6.07) is 4.22. The molecule has 0 aliphatic carbocycles. The number of benzene rings is 1. The summed E-state index contributed by atoms with van der Waals surface area (Å²) in [4.78, 5) is 26.0. The Hall–Kier alpha value is -2.28. The van der Waals surface area contributed by atoms with Crippen LogP contribution in [0.25, 0.3) is 0 Å². The van der Waals surface area contributed by atoms with E-state index in [1.807, 2.05) is 0 Å². The minimum Gasteiger partial charge on any atom is -0.497 e. The van der Waals surface area contributed by atoms with Gasteiger partial charge in [0.1, 0.15) is 11.8 Å². The number of likely N-dealkylation sites (N-methyl/N-ethyl adjacent to an activating group) is 1. The van der Waals surface area contributed by atoms with Crippen molar-refractivity contribution in [2.75, 3.05) is 39.6 Å². The zero-order chi connectivity index (χ0) is 15.4. The van der Waals surface area contributed by atoms with Gasteiger partial charge in [-0.1, -0.05) is 0 Å². The molecular formula is C14H19N3O4. The quantitative estimate of drug-likeness (QED) is 0.757. The van der Waals surface area contributed by atoms with Gasteiger partial charge in [0.05, 0.1) is 25.9 Å². The summed E-state index contributed by atoms with van der Waals surface area (Å²) in [6.07, 6.45) is 0. The molecule has 0 bridgehead atoms. The van der Waals surface area contributed by atoms with E-state index in [4.69, 9.17) is 15.2 Å². The van der Waals surface area contributed by atoms with Crippen molar-refractivity contribution in [1.29, 1.82) is 0 Å². The highest BCUT2D eigenvalue weighted by molar-refractivity contribution is 6.01. The molecule has 1 aliphatic heterocycles. The van der Waals surface area contributed by atoms with E-state index < -0.39 is 6.04 Å². The number of hydrogen-bond acceptors (Lipinski definition) is 5. The molecule has 7 heteroatoms. The van der Waals surface area contributed by atoms with E-state index in [1.165, 1.54) is 19.1 Å². The van der Waals surface area contributed by atoms with Crippen LogP contribution >= 0.6 is 0 Å². The van der Waals surface area contributed by atoms with Crippen molar-refractivity contribution in [3.8, 4) is 5.75 Å². The van der Waals surface area contributed by atoms with E-state index in [-0.39, 0.29) is 18.4 Å². The van der Waals surface area contributed by atoms with E-state index in [0.29, 0.717) is 30.2 Å². The van der Waals surface area contributed by atoms with Gasteiger partial charge < -0.3 is 25.4 Å². The van der Waals surface area contributed by atoms with Gasteiger partial charge in [0, 0.05) is 19.3 Å². The predicted octanol–water partition coefficient (Wildman–Crippen LogP) is -0.136. The van der Waals surface area contributed by atoms with Crippen LogP contribution in [0.5, 0.6) is 5.75 Å². The van der Waals surface area contributed by atoms with Gasteiger partial charge in [0.15, 0.2) is 0 Å². The Labute approximate surface area is 123 Å². The van der Waals surface area contributed by atoms with Gasteiger partial charge in [0.2, 0.25) is 5.91 Å². The second kappa shape index (κ2) is 6.45. The maximum Gasteiger partial charge on any atom is 0.256 e. The first-order chi connectivity index (χ1) is 10.1. The van der Waals surface area contributed by atoms with Crippen molar-refractivity contribution < 1.29 is 19.1 Å². The number of nitrogen functional groups attached to an aromatic ring is 1. The highest BCUT2D eigenvalue weighted by atomic mass is 16.5. The SMILES string of the molecule is CNC(=O)C1COCCN1C(=O)c1cc(OC)ccc1N. The zero-order valence-corrected chi connectivity index (χ0v) is 12.1. The Morgan fingerprint density at radius 3 is 2.90 bits per heavy atom. The molecule has 1 aliphatic rings. The molecule has 1 heterocycles. The van der Waals surface area contributed by atoms with Crippen LogP contribution in [0.3, 0.4) is 0 Å². The minimum atomic E-state index is -0.651. The number of hydrogen-bond donors (Lipinski definition) is 2. The van der Waals surface area contributed by atoms with Gasteiger partial charge in [-0.2, -0.15) is 0 Å². The first-order valence-electron chi connectivity index (χ1n) is 6.62. The molecule has 0 aromatic heterocycles. The first kappa shape index (κ1) is 15.1. The van der Waals surface area contributed by atoms with Gasteiger partial charge in [0.25, 0.3) is 5.91 Å². The fourth-order valence-electron chi connectivity index (χ4n) is 2.23. The zero-order valence-electron chi connectivity index (χ0n) is 12.1. The van der Waals surface area contributed by atoms with Gasteiger partial charge in [-0.25, -0.2) is 0 Å². The number of rotatable bonds is 3. The Bertz CT molecular complexity index is 547. The van der Waals surface area contributed by atoms with Crippen molar-refractivity contribution in [1.82, 2.24) is 10.2 Å². The number of carbonyl (C=O) groups excluding carboxylic acids is 2. The highest BCUT2D eigenvalue weighted by Crippen LogP contribution is 2.22. The maximum absolute atomic E-state index is 12.7. The summed E-state index contributed by atoms with van der Waals surface area (Å²) in [7, 11) is 3.04. The standard InChI is InChI=1S/C14H19N3O4/c1-16-13(18)12-8-21-6-5-17(12)14(19)10-7-9(20-2)3-4-11(10)15/h3-4,7,12H,5-6,8,15H2,1-2H3,(H,16,18). The molecule has 1 saturated heterocycles. The molecule has 0 spiro atoms. The van der Waals surface area contributed by atoms with Crippen LogP contribution in [-0.2, 0) is 9.53 Å². The normalized spacial score (nSPS) is 18.2. The smallest absolute Gasteiger partial charge is 0.256 e. The third kappa shape index (κ3) is 3.08. The van der Waals surface area contributed by atoms with Crippen LogP contribution in [0.2, 0.25) is 0 Å². The number of methoxy groups -OCH3 is 1. The summed E-state index contributed by atoms with van der Waals surface area (Å²) in [5.41, 5.74) is 6.55. The number of nitrogens with zero attached hydrogens (tertiary/aromatic N) is 1. The molecule has 1 aromatic rings. The highest BCUT2D eigenvalue weighted by Gasteiger charge is 2.33. The molecule has 3 N–H and O–H groups in total. The van der Waals surface area contributed by atoms with Gasteiger partial charge in [-0.3, -0.25) is 9.59 Å². The predicted molar refractivity (Wildman–Crippen MR) is 77.1 cm³/mol. The molecular weight excluding hydrogens is 274 g/mol. The van der Waals surface area contributed by atoms with Gasteiger partial charge in [-0.05, 0) is 18.2 Å². The molecule has 21 heavy (non-hydrogen) atoms. The molecule has 2 rings (SSSR count). The summed E-state index contributed by atoms with van der Waals surface area (Å²) in [6.45, 7) is 0.909. The van der Waals surface area contributed by atoms with Crippen LogP contribution in [0.15, 0.2) is 18.2 Å². The molecule has 1 unspecified atom stereocenters. The molecule has 0 radical (unpaired) electrons. The number of nitrogens with one attached hydrogen (secondary N) is 1. The van der Waals surface area contributed by atoms with Crippen molar-refractivity contribution in [3.05, 3.63) is 23.8 Å². The van der Waals surface area contributed by atoms with Crippen LogP contribution in [-0.4, -0.2) is 56.7 Å². The number of ether oxygens (including phenoxy) is 2. The average molecular weight is 293 g/mol. The lowest BCUT2D eigenvalue weighted by atomic mass is 10.1. The summed E-state index contributed by atoms with van der Waals surface area (Å²) in [5.74, 6) is -0.0230. The van der Waals surface area contributed by atoms with E-state index in [1.54, 1.807) is 18.2 Å². The number of nitrogens with two attached hydrogens (primary N) is 1. The number of amides is 2. The van der Waals surface area contributed by atoms with Crippen molar-refractivity contribution in [2.45, 2.75) is 6.04 Å². The topological polar surface area (TPSA) is 93.9 Å². The van der Waals surface area contributed by atoms with Crippen molar-refractivity contribution >= 4 is 17.5 Å². The van der Waals surface area contributed by atoms with E-state index in [0.717, 1.165) is 0 Å². The lowest BCUT2D eigenvalue weighted by Gasteiger charge is -2.34. The fourth-order valence-corrected chi connectivity index (χ4v) is 2.23. The van der Waals surface area contributed by atoms with E-state index >= 15 is 0 Å². The van der Waals surface area contributed by atoms with Crippen molar-refractivity contribution in [2.24, 2.45) is 0 Å². The summed E-state index contributed by atoms with van der Waals surface area (Å²) >= 11 is 0. The first-order valence-corrected chi connectivity index (χ1v) is 6.62. The molecule has 1 atom stereocenters. The molecule has 114 valence electrons. The van der Waals surface area contributed by atoms with Crippen LogP contribution in [0.1, 0.15) is 10.4 Å². The number of anilines is 1. The van der Waals surface area contributed by atoms with E-state index in [2.05, 4.69) is 5.32 Å². The third-order valence-corrected chi connectivity index (χ3v) is 3.43. The third-order valence-electron chi connectivity index (χ3n) is 3.43. The molecule has 7 nitrogen and oxygen atoms in total. The monoisotopic (exact) mass is 293 g/mol. The lowest BCUT2D eigenvalue weighted by Crippen LogP contribution is -2.55. The molecule has 0 saturated carbocycles.